The Balaban J connectivity index is 1.35. The Labute approximate surface area is 176 Å². The summed E-state index contributed by atoms with van der Waals surface area (Å²) in [7, 11) is 0. The largest absolute Gasteiger partial charge is 0.486 e. The molecule has 2 unspecified atom stereocenters. The van der Waals surface area contributed by atoms with E-state index in [1.807, 2.05) is 73.1 Å². The Bertz CT molecular complexity index is 972. The van der Waals surface area contributed by atoms with Crippen LogP contribution in [-0.2, 0) is 0 Å². The van der Waals surface area contributed by atoms with Crippen molar-refractivity contribution in [2.75, 3.05) is 19.7 Å². The zero-order chi connectivity index (χ0) is 20.9. The van der Waals surface area contributed by atoms with Gasteiger partial charge >= 0.3 is 6.03 Å². The van der Waals surface area contributed by atoms with Gasteiger partial charge in [0, 0.05) is 24.6 Å². The highest BCUT2D eigenvalue weighted by molar-refractivity contribution is 5.74. The smallest absolute Gasteiger partial charge is 0.317 e. The van der Waals surface area contributed by atoms with Crippen LogP contribution in [0.2, 0.25) is 0 Å². The number of nitrogens with one attached hydrogen (secondary N) is 1. The minimum Gasteiger partial charge on any atom is -0.486 e. The number of carbonyl (C=O) groups is 1. The third-order valence-electron chi connectivity index (χ3n) is 5.20. The molecule has 2 atom stereocenters. The van der Waals surface area contributed by atoms with E-state index in [9.17, 15) is 4.79 Å². The molecule has 1 N–H and O–H groups in total. The summed E-state index contributed by atoms with van der Waals surface area (Å²) in [6.45, 7) is 5.41. The predicted molar refractivity (Wildman–Crippen MR) is 114 cm³/mol. The van der Waals surface area contributed by atoms with Gasteiger partial charge in [-0.05, 0) is 43.7 Å². The zero-order valence-corrected chi connectivity index (χ0v) is 17.2. The van der Waals surface area contributed by atoms with Crippen molar-refractivity contribution in [3.05, 3.63) is 72.8 Å². The van der Waals surface area contributed by atoms with Crippen LogP contribution in [0.4, 0.5) is 4.79 Å². The third-order valence-corrected chi connectivity index (χ3v) is 5.20. The molecule has 2 heterocycles. The molecule has 1 aromatic heterocycles. The van der Waals surface area contributed by atoms with Crippen LogP contribution < -0.4 is 14.8 Å². The summed E-state index contributed by atoms with van der Waals surface area (Å²) in [5.41, 5.74) is 2.06. The molecular formula is C23H26N4O3. The van der Waals surface area contributed by atoms with Gasteiger partial charge in [-0.1, -0.05) is 24.3 Å². The molecule has 2 aromatic carbocycles. The average Bonchev–Trinajstić information content (AvgIpc) is 3.32. The van der Waals surface area contributed by atoms with Crippen LogP contribution in [0.25, 0.3) is 5.69 Å². The molecule has 7 heteroatoms. The van der Waals surface area contributed by atoms with Gasteiger partial charge in [0.1, 0.15) is 6.61 Å². The van der Waals surface area contributed by atoms with Gasteiger partial charge in [-0.3, -0.25) is 0 Å². The Morgan fingerprint density at radius 3 is 2.70 bits per heavy atom. The second-order valence-corrected chi connectivity index (χ2v) is 7.27. The van der Waals surface area contributed by atoms with Crippen molar-refractivity contribution in [2.24, 2.45) is 0 Å². The number of imidazole rings is 1. The maximum Gasteiger partial charge on any atom is 0.317 e. The topological polar surface area (TPSA) is 68.6 Å². The van der Waals surface area contributed by atoms with Crippen molar-refractivity contribution in [2.45, 2.75) is 26.0 Å². The first-order valence-corrected chi connectivity index (χ1v) is 10.2. The van der Waals surface area contributed by atoms with Crippen molar-refractivity contribution in [1.29, 1.82) is 0 Å². The number of amides is 2. The summed E-state index contributed by atoms with van der Waals surface area (Å²) in [4.78, 5) is 18.7. The van der Waals surface area contributed by atoms with E-state index in [1.54, 1.807) is 17.4 Å². The molecule has 0 saturated heterocycles. The SMILES string of the molecule is CCN(CC1COc2ccccc2O1)C(=O)NC(C)c1ccc(-n2ccnc2)cc1. The number of urea groups is 1. The number of rotatable bonds is 6. The van der Waals surface area contributed by atoms with Crippen molar-refractivity contribution >= 4 is 6.03 Å². The number of nitrogens with zero attached hydrogens (tertiary/aromatic N) is 3. The van der Waals surface area contributed by atoms with Crippen LogP contribution in [0.15, 0.2) is 67.3 Å². The first kappa shape index (κ1) is 19.8. The van der Waals surface area contributed by atoms with Crippen molar-refractivity contribution in [3.63, 3.8) is 0 Å². The lowest BCUT2D eigenvalue weighted by Crippen LogP contribution is -2.47. The standard InChI is InChI=1S/C23H26N4O3/c1-3-26(14-20-15-29-21-6-4-5-7-22(21)30-20)23(28)25-17(2)18-8-10-19(11-9-18)27-13-12-24-16-27/h4-13,16-17,20H,3,14-15H2,1-2H3,(H,25,28). The predicted octanol–water partition coefficient (Wildman–Crippen LogP) is 3.80. The molecule has 2 amide bonds. The molecular weight excluding hydrogens is 380 g/mol. The first-order valence-electron chi connectivity index (χ1n) is 10.2. The molecule has 1 aliphatic heterocycles. The Morgan fingerprint density at radius 2 is 2.00 bits per heavy atom. The van der Waals surface area contributed by atoms with Gasteiger partial charge in [0.15, 0.2) is 17.6 Å². The summed E-state index contributed by atoms with van der Waals surface area (Å²) in [6, 6.07) is 15.4. The molecule has 0 bridgehead atoms. The Kier molecular flexibility index (Phi) is 5.88. The summed E-state index contributed by atoms with van der Waals surface area (Å²) in [5.74, 6) is 1.46. The molecule has 0 saturated carbocycles. The van der Waals surface area contributed by atoms with Gasteiger partial charge in [0.05, 0.1) is 18.9 Å². The highest BCUT2D eigenvalue weighted by atomic mass is 16.6. The van der Waals surface area contributed by atoms with Crippen molar-refractivity contribution < 1.29 is 14.3 Å². The fourth-order valence-corrected chi connectivity index (χ4v) is 3.46. The van der Waals surface area contributed by atoms with E-state index < -0.39 is 0 Å². The molecule has 1 aliphatic rings. The molecule has 0 spiro atoms. The maximum absolute atomic E-state index is 12.8. The number of hydrogen-bond acceptors (Lipinski definition) is 4. The summed E-state index contributed by atoms with van der Waals surface area (Å²) >= 11 is 0. The van der Waals surface area contributed by atoms with Gasteiger partial charge < -0.3 is 24.3 Å². The van der Waals surface area contributed by atoms with E-state index in [0.29, 0.717) is 19.7 Å². The number of hydrogen-bond donors (Lipinski definition) is 1. The van der Waals surface area contributed by atoms with Crippen LogP contribution in [-0.4, -0.2) is 46.3 Å². The quantitative estimate of drug-likeness (QED) is 0.676. The van der Waals surface area contributed by atoms with Gasteiger partial charge in [-0.25, -0.2) is 9.78 Å². The molecule has 0 radical (unpaired) electrons. The second kappa shape index (κ2) is 8.90. The summed E-state index contributed by atoms with van der Waals surface area (Å²) < 4.78 is 13.7. The van der Waals surface area contributed by atoms with Crippen LogP contribution in [0.3, 0.4) is 0 Å². The van der Waals surface area contributed by atoms with E-state index in [0.717, 1.165) is 22.7 Å². The normalized spacial score (nSPS) is 16.0. The maximum atomic E-state index is 12.8. The minimum atomic E-state index is -0.199. The summed E-state index contributed by atoms with van der Waals surface area (Å²) in [6.07, 6.45) is 5.20. The lowest BCUT2D eigenvalue weighted by molar-refractivity contribution is 0.0672. The van der Waals surface area contributed by atoms with Crippen LogP contribution in [0.1, 0.15) is 25.5 Å². The highest BCUT2D eigenvalue weighted by Gasteiger charge is 2.25. The lowest BCUT2D eigenvalue weighted by atomic mass is 10.1. The molecule has 3 aromatic rings. The first-order chi connectivity index (χ1) is 14.6. The fraction of sp³-hybridized carbons (Fsp3) is 0.304. The molecule has 0 fully saturated rings. The van der Waals surface area contributed by atoms with Crippen LogP contribution in [0.5, 0.6) is 11.5 Å². The third kappa shape index (κ3) is 4.40. The number of carbonyl (C=O) groups excluding carboxylic acids is 1. The number of fused-ring (bicyclic) bond motifs is 1. The van der Waals surface area contributed by atoms with Gasteiger partial charge in [0.2, 0.25) is 0 Å². The number of likely N-dealkylation sites (N-methyl/N-ethyl adjacent to an activating group) is 1. The average molecular weight is 406 g/mol. The number of aromatic nitrogens is 2. The van der Waals surface area contributed by atoms with Gasteiger partial charge in [-0.15, -0.1) is 0 Å². The zero-order valence-electron chi connectivity index (χ0n) is 17.2. The minimum absolute atomic E-state index is 0.118. The fourth-order valence-electron chi connectivity index (χ4n) is 3.46. The Morgan fingerprint density at radius 1 is 1.23 bits per heavy atom. The van der Waals surface area contributed by atoms with E-state index in [2.05, 4.69) is 10.3 Å². The second-order valence-electron chi connectivity index (χ2n) is 7.27. The number of benzene rings is 2. The van der Waals surface area contributed by atoms with E-state index in [1.165, 1.54) is 0 Å². The van der Waals surface area contributed by atoms with Crippen molar-refractivity contribution in [3.8, 4) is 17.2 Å². The van der Waals surface area contributed by atoms with Gasteiger partial charge in [-0.2, -0.15) is 0 Å². The van der Waals surface area contributed by atoms with Crippen LogP contribution in [0, 0.1) is 0 Å². The monoisotopic (exact) mass is 406 g/mol. The van der Waals surface area contributed by atoms with E-state index in [4.69, 9.17) is 9.47 Å². The molecule has 30 heavy (non-hydrogen) atoms. The Hall–Kier alpha value is -3.48. The highest BCUT2D eigenvalue weighted by Crippen LogP contribution is 2.31. The van der Waals surface area contributed by atoms with E-state index >= 15 is 0 Å². The molecule has 4 rings (SSSR count). The molecule has 0 aliphatic carbocycles. The molecule has 7 nitrogen and oxygen atoms in total. The summed E-state index contributed by atoms with van der Waals surface area (Å²) in [5, 5.41) is 3.08. The van der Waals surface area contributed by atoms with E-state index in [-0.39, 0.29) is 18.2 Å². The van der Waals surface area contributed by atoms with Gasteiger partial charge in [0.25, 0.3) is 0 Å². The van der Waals surface area contributed by atoms with Crippen molar-refractivity contribution in [1.82, 2.24) is 19.8 Å². The van der Waals surface area contributed by atoms with Crippen LogP contribution >= 0.6 is 0 Å². The number of para-hydroxylation sites is 2. The molecule has 156 valence electrons. The lowest BCUT2D eigenvalue weighted by Gasteiger charge is -2.31. The number of ether oxygens (including phenoxy) is 2.